The van der Waals surface area contributed by atoms with Gasteiger partial charge in [0, 0.05) is 38.2 Å². The predicted octanol–water partition coefficient (Wildman–Crippen LogP) is 5.79. The van der Waals surface area contributed by atoms with Crippen LogP contribution in [0.5, 0.6) is 0 Å². The van der Waals surface area contributed by atoms with Crippen molar-refractivity contribution < 1.29 is 13.9 Å². The van der Waals surface area contributed by atoms with Gasteiger partial charge in [0.05, 0.1) is 6.54 Å². The van der Waals surface area contributed by atoms with E-state index in [1.807, 2.05) is 42.5 Å². The van der Waals surface area contributed by atoms with Gasteiger partial charge in [-0.1, -0.05) is 48.5 Å². The maximum absolute atomic E-state index is 13.2. The second kappa shape index (κ2) is 8.40. The molecule has 1 amide bonds. The molecule has 4 nitrogen and oxygen atoms in total. The van der Waals surface area contributed by atoms with Gasteiger partial charge in [-0.05, 0) is 53.4 Å². The highest BCUT2D eigenvalue weighted by Gasteiger charge is 2.47. The molecular formula is C27H27FN2O2. The summed E-state index contributed by atoms with van der Waals surface area (Å²) in [6.45, 7) is 5.39. The van der Waals surface area contributed by atoms with Crippen LogP contribution in [0.4, 0.5) is 14.9 Å². The molecule has 2 heterocycles. The number of ether oxygens (including phenoxy) is 1. The smallest absolute Gasteiger partial charge is 0.415 e. The summed E-state index contributed by atoms with van der Waals surface area (Å²) in [4.78, 5) is 16.7. The van der Waals surface area contributed by atoms with Crippen molar-refractivity contribution in [2.45, 2.75) is 31.9 Å². The van der Waals surface area contributed by atoms with E-state index in [9.17, 15) is 9.18 Å². The van der Waals surface area contributed by atoms with Gasteiger partial charge in [-0.25, -0.2) is 9.18 Å². The Morgan fingerprint density at radius 1 is 0.969 bits per heavy atom. The molecule has 0 aliphatic carbocycles. The highest BCUT2D eigenvalue weighted by molar-refractivity contribution is 5.90. The Kier molecular flexibility index (Phi) is 5.43. The highest BCUT2D eigenvalue weighted by atomic mass is 19.1. The van der Waals surface area contributed by atoms with E-state index >= 15 is 0 Å². The number of nitrogens with zero attached hydrogens (tertiary/aromatic N) is 2. The molecule has 0 unspecified atom stereocenters. The van der Waals surface area contributed by atoms with Gasteiger partial charge >= 0.3 is 6.09 Å². The first-order chi connectivity index (χ1) is 15.5. The van der Waals surface area contributed by atoms with Crippen LogP contribution in [0, 0.1) is 12.7 Å². The zero-order valence-corrected chi connectivity index (χ0v) is 18.3. The fourth-order valence-corrected chi connectivity index (χ4v) is 4.84. The molecule has 0 aromatic heterocycles. The minimum atomic E-state index is -0.383. The van der Waals surface area contributed by atoms with E-state index < -0.39 is 0 Å². The molecule has 0 bridgehead atoms. The molecule has 2 saturated heterocycles. The van der Waals surface area contributed by atoms with Crippen LogP contribution in [-0.2, 0) is 11.3 Å². The van der Waals surface area contributed by atoms with E-state index in [1.54, 1.807) is 4.90 Å². The number of hydrogen-bond acceptors (Lipinski definition) is 3. The second-order valence-electron chi connectivity index (χ2n) is 8.90. The fraction of sp³-hybridized carbons (Fsp3) is 0.296. The Morgan fingerprint density at radius 3 is 2.38 bits per heavy atom. The van der Waals surface area contributed by atoms with Crippen LogP contribution in [0.3, 0.4) is 0 Å². The summed E-state index contributed by atoms with van der Waals surface area (Å²) in [6.07, 6.45) is 1.44. The van der Waals surface area contributed by atoms with Crippen LogP contribution >= 0.6 is 0 Å². The summed E-state index contributed by atoms with van der Waals surface area (Å²) < 4.78 is 19.1. The summed E-state index contributed by atoms with van der Waals surface area (Å²) in [5.41, 5.74) is 5.12. The number of likely N-dealkylation sites (tertiary alicyclic amines) is 1. The van der Waals surface area contributed by atoms with Gasteiger partial charge in [0.1, 0.15) is 11.4 Å². The van der Waals surface area contributed by atoms with Gasteiger partial charge in [0.25, 0.3) is 0 Å². The van der Waals surface area contributed by atoms with Gasteiger partial charge in [-0.2, -0.15) is 0 Å². The lowest BCUT2D eigenvalue weighted by molar-refractivity contribution is -0.000974. The average molecular weight is 431 g/mol. The van der Waals surface area contributed by atoms with Crippen LogP contribution in [0.25, 0.3) is 11.1 Å². The minimum absolute atomic E-state index is 0.217. The van der Waals surface area contributed by atoms with Crippen molar-refractivity contribution in [2.75, 3.05) is 24.5 Å². The lowest BCUT2D eigenvalue weighted by atomic mass is 9.90. The highest BCUT2D eigenvalue weighted by Crippen LogP contribution is 2.36. The number of hydrogen-bond donors (Lipinski definition) is 0. The third-order valence-electron chi connectivity index (χ3n) is 6.66. The van der Waals surface area contributed by atoms with Crippen molar-refractivity contribution in [3.8, 4) is 11.1 Å². The molecule has 0 radical (unpaired) electrons. The van der Waals surface area contributed by atoms with E-state index in [4.69, 9.17) is 4.74 Å². The Morgan fingerprint density at radius 2 is 1.69 bits per heavy atom. The van der Waals surface area contributed by atoms with Crippen molar-refractivity contribution in [3.63, 3.8) is 0 Å². The van der Waals surface area contributed by atoms with Crippen molar-refractivity contribution in [3.05, 3.63) is 89.7 Å². The van der Waals surface area contributed by atoms with Gasteiger partial charge in [0.2, 0.25) is 0 Å². The van der Waals surface area contributed by atoms with Crippen LogP contribution in [0.15, 0.2) is 72.8 Å². The summed E-state index contributed by atoms with van der Waals surface area (Å²) in [6, 6.07) is 22.9. The van der Waals surface area contributed by atoms with Crippen LogP contribution in [0.2, 0.25) is 0 Å². The number of benzene rings is 3. The predicted molar refractivity (Wildman–Crippen MR) is 124 cm³/mol. The number of aryl methyl sites for hydroxylation is 1. The van der Waals surface area contributed by atoms with Crippen molar-refractivity contribution in [1.29, 1.82) is 0 Å². The Labute approximate surface area is 188 Å². The van der Waals surface area contributed by atoms with E-state index in [2.05, 4.69) is 30.0 Å². The third kappa shape index (κ3) is 4.13. The number of anilines is 1. The van der Waals surface area contributed by atoms with Gasteiger partial charge in [-0.3, -0.25) is 9.80 Å². The third-order valence-corrected chi connectivity index (χ3v) is 6.66. The number of carbonyl (C=O) groups excluding carboxylic acids is 1. The molecule has 164 valence electrons. The molecule has 5 rings (SSSR count). The number of rotatable bonds is 4. The SMILES string of the molecule is Cc1cc(CN2CCC3(CC2)CN(c2ccccc2)C(=O)O3)ccc1-c1ccc(F)cc1. The standard InChI is InChI=1S/C27H27FN2O2/c1-20-17-21(7-12-25(20)22-8-10-23(28)11-9-22)18-29-15-13-27(14-16-29)19-30(26(31)32-27)24-5-3-2-4-6-24/h2-12,17H,13-16,18-19H2,1H3. The van der Waals surface area contributed by atoms with E-state index in [0.717, 1.165) is 49.3 Å². The molecule has 1 spiro atoms. The van der Waals surface area contributed by atoms with E-state index in [0.29, 0.717) is 6.54 Å². The van der Waals surface area contributed by atoms with Crippen LogP contribution in [-0.4, -0.2) is 36.2 Å². The van der Waals surface area contributed by atoms with Crippen LogP contribution in [0.1, 0.15) is 24.0 Å². The van der Waals surface area contributed by atoms with E-state index in [-0.39, 0.29) is 17.5 Å². The normalized spacial score (nSPS) is 18.2. The average Bonchev–Trinajstić information content (AvgIpc) is 3.13. The monoisotopic (exact) mass is 430 g/mol. The molecular weight excluding hydrogens is 403 g/mol. The zero-order valence-electron chi connectivity index (χ0n) is 18.3. The number of carbonyl (C=O) groups is 1. The summed E-state index contributed by atoms with van der Waals surface area (Å²) >= 11 is 0. The minimum Gasteiger partial charge on any atom is -0.441 e. The largest absolute Gasteiger partial charge is 0.441 e. The first kappa shape index (κ1) is 20.7. The maximum atomic E-state index is 13.2. The maximum Gasteiger partial charge on any atom is 0.415 e. The number of piperidine rings is 1. The molecule has 5 heteroatoms. The number of para-hydroxylation sites is 1. The topological polar surface area (TPSA) is 32.8 Å². The lowest BCUT2D eigenvalue weighted by Gasteiger charge is -2.37. The molecule has 2 fully saturated rings. The molecule has 0 saturated carbocycles. The summed E-state index contributed by atoms with van der Waals surface area (Å²) in [7, 11) is 0. The Balaban J connectivity index is 1.21. The number of amides is 1. The zero-order chi connectivity index (χ0) is 22.1. The summed E-state index contributed by atoms with van der Waals surface area (Å²) in [5, 5.41) is 0. The van der Waals surface area contributed by atoms with Crippen molar-refractivity contribution in [1.82, 2.24) is 4.90 Å². The van der Waals surface area contributed by atoms with Gasteiger partial charge < -0.3 is 4.74 Å². The van der Waals surface area contributed by atoms with Crippen molar-refractivity contribution in [2.24, 2.45) is 0 Å². The van der Waals surface area contributed by atoms with Gasteiger partial charge in [0.15, 0.2) is 0 Å². The molecule has 0 N–H and O–H groups in total. The second-order valence-corrected chi connectivity index (χ2v) is 8.90. The quantitative estimate of drug-likeness (QED) is 0.525. The Bertz CT molecular complexity index is 1110. The first-order valence-corrected chi connectivity index (χ1v) is 11.1. The molecule has 3 aromatic carbocycles. The van der Waals surface area contributed by atoms with Crippen molar-refractivity contribution >= 4 is 11.8 Å². The first-order valence-electron chi connectivity index (χ1n) is 11.1. The van der Waals surface area contributed by atoms with Crippen LogP contribution < -0.4 is 4.90 Å². The molecule has 2 aliphatic heterocycles. The van der Waals surface area contributed by atoms with E-state index in [1.165, 1.54) is 23.3 Å². The Hall–Kier alpha value is -3.18. The molecule has 2 aliphatic rings. The summed E-state index contributed by atoms with van der Waals surface area (Å²) in [5.74, 6) is -0.217. The number of halogens is 1. The fourth-order valence-electron chi connectivity index (χ4n) is 4.84. The lowest BCUT2D eigenvalue weighted by Crippen LogP contribution is -2.46. The molecule has 32 heavy (non-hydrogen) atoms. The molecule has 3 aromatic rings. The molecule has 0 atom stereocenters. The van der Waals surface area contributed by atoms with Gasteiger partial charge in [-0.15, -0.1) is 0 Å².